The van der Waals surface area contributed by atoms with Crippen LogP contribution in [0, 0.1) is 19.3 Å². The van der Waals surface area contributed by atoms with E-state index in [0.717, 1.165) is 56.7 Å². The number of urea groups is 1. The molecule has 0 aromatic heterocycles. The summed E-state index contributed by atoms with van der Waals surface area (Å²) in [7, 11) is 1.62. The van der Waals surface area contributed by atoms with Crippen LogP contribution in [0.2, 0.25) is 0 Å². The number of benzene rings is 1. The Morgan fingerprint density at radius 1 is 1.07 bits per heavy atom. The molecule has 160 valence electrons. The molecule has 0 radical (unpaired) electrons. The molecule has 2 fully saturated rings. The van der Waals surface area contributed by atoms with Crippen molar-refractivity contribution in [3.05, 3.63) is 29.3 Å². The van der Waals surface area contributed by atoms with E-state index in [1.54, 1.807) is 7.11 Å². The zero-order valence-electron chi connectivity index (χ0n) is 17.8. The Labute approximate surface area is 173 Å². The molecule has 2 aliphatic heterocycles. The molecule has 3 amide bonds. The largest absolute Gasteiger partial charge is 0.382 e. The Morgan fingerprint density at radius 2 is 1.76 bits per heavy atom. The number of carbonyl (C=O) groups is 2. The van der Waals surface area contributed by atoms with Gasteiger partial charge in [0.1, 0.15) is 6.61 Å². The molecule has 2 aliphatic rings. The Hall–Kier alpha value is -2.12. The second-order valence-corrected chi connectivity index (χ2v) is 8.35. The Bertz CT molecular complexity index is 729. The highest BCUT2D eigenvalue weighted by molar-refractivity contribution is 5.90. The number of ether oxygens (including phenoxy) is 2. The van der Waals surface area contributed by atoms with E-state index >= 15 is 0 Å². The molecule has 1 aromatic carbocycles. The summed E-state index contributed by atoms with van der Waals surface area (Å²) >= 11 is 0. The summed E-state index contributed by atoms with van der Waals surface area (Å²) < 4.78 is 10.3. The number of nitrogens with zero attached hydrogens (tertiary/aromatic N) is 2. The molecule has 0 aliphatic carbocycles. The average Bonchev–Trinajstić information content (AvgIpc) is 3.11. The van der Waals surface area contributed by atoms with Crippen molar-refractivity contribution in [1.29, 1.82) is 0 Å². The van der Waals surface area contributed by atoms with Crippen LogP contribution >= 0.6 is 0 Å². The van der Waals surface area contributed by atoms with E-state index < -0.39 is 0 Å². The van der Waals surface area contributed by atoms with Gasteiger partial charge in [-0.3, -0.25) is 4.79 Å². The first kappa shape index (κ1) is 21.6. The van der Waals surface area contributed by atoms with E-state index in [1.807, 2.05) is 35.8 Å². The summed E-state index contributed by atoms with van der Waals surface area (Å²) in [5, 5.41) is 3.04. The Morgan fingerprint density at radius 3 is 2.41 bits per heavy atom. The number of nitrogens with one attached hydrogen (secondary N) is 1. The molecular formula is C22H33N3O4. The van der Waals surface area contributed by atoms with Gasteiger partial charge in [-0.2, -0.15) is 0 Å². The maximum Gasteiger partial charge on any atom is 0.321 e. The number of piperidine rings is 1. The average molecular weight is 404 g/mol. The molecule has 0 atom stereocenters. The van der Waals surface area contributed by atoms with Gasteiger partial charge in [0.25, 0.3) is 0 Å². The number of rotatable bonds is 6. The molecule has 29 heavy (non-hydrogen) atoms. The third-order valence-corrected chi connectivity index (χ3v) is 6.18. The van der Waals surface area contributed by atoms with Gasteiger partial charge < -0.3 is 24.6 Å². The van der Waals surface area contributed by atoms with Crippen LogP contribution in [0.5, 0.6) is 0 Å². The third kappa shape index (κ3) is 5.48. The van der Waals surface area contributed by atoms with Crippen molar-refractivity contribution in [2.75, 3.05) is 58.4 Å². The quantitative estimate of drug-likeness (QED) is 0.742. The van der Waals surface area contributed by atoms with Crippen LogP contribution in [0.4, 0.5) is 10.5 Å². The normalized spacial score (nSPS) is 18.3. The first-order valence-corrected chi connectivity index (χ1v) is 10.4. The lowest BCUT2D eigenvalue weighted by molar-refractivity contribution is -0.136. The van der Waals surface area contributed by atoms with Crippen molar-refractivity contribution < 1.29 is 19.1 Å². The number of aryl methyl sites for hydroxylation is 2. The minimum atomic E-state index is -0.0377. The number of carbonyl (C=O) groups excluding carboxylic acids is 2. The fourth-order valence-electron chi connectivity index (χ4n) is 4.28. The van der Waals surface area contributed by atoms with Crippen LogP contribution in [0.15, 0.2) is 18.2 Å². The third-order valence-electron chi connectivity index (χ3n) is 6.18. The fraction of sp³-hybridized carbons (Fsp3) is 0.636. The van der Waals surface area contributed by atoms with Gasteiger partial charge in [-0.05, 0) is 50.2 Å². The summed E-state index contributed by atoms with van der Waals surface area (Å²) in [6.07, 6.45) is 2.87. The van der Waals surface area contributed by atoms with Gasteiger partial charge in [-0.15, -0.1) is 0 Å². The van der Waals surface area contributed by atoms with Crippen molar-refractivity contribution in [3.8, 4) is 0 Å². The second kappa shape index (κ2) is 9.59. The summed E-state index contributed by atoms with van der Waals surface area (Å²) in [4.78, 5) is 28.8. The predicted molar refractivity (Wildman–Crippen MR) is 112 cm³/mol. The number of methoxy groups -OCH3 is 1. The van der Waals surface area contributed by atoms with Gasteiger partial charge in [0.2, 0.25) is 5.91 Å². The number of hydrogen-bond donors (Lipinski definition) is 1. The van der Waals surface area contributed by atoms with Gasteiger partial charge >= 0.3 is 6.03 Å². The molecule has 0 unspecified atom stereocenters. The van der Waals surface area contributed by atoms with Gasteiger partial charge in [0.15, 0.2) is 0 Å². The molecule has 1 aromatic rings. The number of hydrogen-bond acceptors (Lipinski definition) is 4. The van der Waals surface area contributed by atoms with Crippen molar-refractivity contribution in [2.24, 2.45) is 5.41 Å². The Kier molecular flexibility index (Phi) is 7.14. The highest BCUT2D eigenvalue weighted by Gasteiger charge is 2.42. The monoisotopic (exact) mass is 403 g/mol. The number of amides is 3. The fourth-order valence-corrected chi connectivity index (χ4v) is 4.28. The molecule has 2 heterocycles. The topological polar surface area (TPSA) is 71.1 Å². The highest BCUT2D eigenvalue weighted by Crippen LogP contribution is 2.40. The summed E-state index contributed by atoms with van der Waals surface area (Å²) in [5.41, 5.74) is 3.26. The first-order valence-electron chi connectivity index (χ1n) is 10.4. The molecule has 7 nitrogen and oxygen atoms in total. The Balaban J connectivity index is 1.46. The van der Waals surface area contributed by atoms with E-state index in [9.17, 15) is 9.59 Å². The lowest BCUT2D eigenvalue weighted by atomic mass is 9.78. The smallest absolute Gasteiger partial charge is 0.321 e. The van der Waals surface area contributed by atoms with E-state index in [1.165, 1.54) is 5.56 Å². The highest BCUT2D eigenvalue weighted by atomic mass is 16.5. The van der Waals surface area contributed by atoms with E-state index in [4.69, 9.17) is 9.47 Å². The van der Waals surface area contributed by atoms with Gasteiger partial charge in [-0.1, -0.05) is 17.7 Å². The molecule has 3 rings (SSSR count). The maximum atomic E-state index is 12.7. The van der Waals surface area contributed by atoms with E-state index in [-0.39, 0.29) is 24.0 Å². The van der Waals surface area contributed by atoms with Gasteiger partial charge in [0.05, 0.1) is 13.2 Å². The SMILES string of the molecule is COCCOCC(=O)N1CCC2(CCN(C(=O)Nc3ccc(C)cc3C)CC2)C1. The zero-order valence-corrected chi connectivity index (χ0v) is 17.8. The van der Waals surface area contributed by atoms with Gasteiger partial charge in [0, 0.05) is 39.0 Å². The molecule has 0 saturated carbocycles. The van der Waals surface area contributed by atoms with Crippen LogP contribution in [0.3, 0.4) is 0 Å². The minimum Gasteiger partial charge on any atom is -0.382 e. The van der Waals surface area contributed by atoms with Crippen LogP contribution in [0.1, 0.15) is 30.4 Å². The van der Waals surface area contributed by atoms with Gasteiger partial charge in [-0.25, -0.2) is 4.79 Å². The van der Waals surface area contributed by atoms with Crippen molar-refractivity contribution >= 4 is 17.6 Å². The molecule has 7 heteroatoms. The van der Waals surface area contributed by atoms with Crippen molar-refractivity contribution in [3.63, 3.8) is 0 Å². The maximum absolute atomic E-state index is 12.7. The standard InChI is InChI=1S/C22H33N3O4/c1-17-4-5-19(18(2)14-17)23-21(27)24-9-6-22(7-10-24)8-11-25(16-22)20(26)15-29-13-12-28-3/h4-5,14H,6-13,15-16H2,1-3H3,(H,23,27). The molecule has 1 N–H and O–H groups in total. The molecule has 2 saturated heterocycles. The number of anilines is 1. The second-order valence-electron chi connectivity index (χ2n) is 8.35. The van der Waals surface area contributed by atoms with E-state index in [0.29, 0.717) is 13.2 Å². The van der Waals surface area contributed by atoms with Crippen molar-refractivity contribution in [1.82, 2.24) is 9.80 Å². The minimum absolute atomic E-state index is 0.0377. The van der Waals surface area contributed by atoms with Crippen molar-refractivity contribution in [2.45, 2.75) is 33.1 Å². The van der Waals surface area contributed by atoms with Crippen LogP contribution in [-0.2, 0) is 14.3 Å². The summed E-state index contributed by atoms with van der Waals surface area (Å²) in [6, 6.07) is 6.01. The lowest BCUT2D eigenvalue weighted by Crippen LogP contribution is -2.46. The van der Waals surface area contributed by atoms with Crippen LogP contribution in [-0.4, -0.2) is 74.8 Å². The predicted octanol–water partition coefficient (Wildman–Crippen LogP) is 2.81. The number of likely N-dealkylation sites (tertiary alicyclic amines) is 2. The summed E-state index contributed by atoms with van der Waals surface area (Å²) in [5.74, 6) is 0.0491. The molecule has 0 bridgehead atoms. The van der Waals surface area contributed by atoms with Crippen LogP contribution in [0.25, 0.3) is 0 Å². The molecule has 1 spiro atoms. The summed E-state index contributed by atoms with van der Waals surface area (Å²) in [6.45, 7) is 8.10. The molecular weight excluding hydrogens is 370 g/mol. The van der Waals surface area contributed by atoms with Crippen LogP contribution < -0.4 is 5.32 Å². The lowest BCUT2D eigenvalue weighted by Gasteiger charge is -2.39. The first-order chi connectivity index (χ1) is 13.9. The zero-order chi connectivity index (χ0) is 20.9. The van der Waals surface area contributed by atoms with E-state index in [2.05, 4.69) is 11.4 Å².